The van der Waals surface area contributed by atoms with E-state index in [1.807, 2.05) is 13.8 Å². The lowest BCUT2D eigenvalue weighted by Crippen LogP contribution is -2.15. The van der Waals surface area contributed by atoms with Crippen molar-refractivity contribution in [2.45, 2.75) is 32.4 Å². The number of hydrogen-bond donors (Lipinski definition) is 2. The summed E-state index contributed by atoms with van der Waals surface area (Å²) in [4.78, 5) is 17.5. The molecule has 0 fully saturated rings. The van der Waals surface area contributed by atoms with Crippen LogP contribution in [-0.2, 0) is 10.2 Å². The molecule has 1 rings (SSSR count). The maximum absolute atomic E-state index is 13.6. The van der Waals surface area contributed by atoms with Gasteiger partial charge < -0.3 is 9.79 Å². The highest BCUT2D eigenvalue weighted by Gasteiger charge is 2.51. The van der Waals surface area contributed by atoms with Gasteiger partial charge in [-0.25, -0.2) is 0 Å². The van der Waals surface area contributed by atoms with Crippen molar-refractivity contribution in [2.24, 2.45) is 0 Å². The number of alkyl halides is 2. The zero-order valence-electron chi connectivity index (χ0n) is 10.1. The molecule has 102 valence electrons. The highest BCUT2D eigenvalue weighted by atomic mass is 79.9. The molecule has 0 heterocycles. The van der Waals surface area contributed by atoms with Gasteiger partial charge in [0.1, 0.15) is 0 Å². The second kappa shape index (κ2) is 5.00. The lowest BCUT2D eigenvalue weighted by Gasteiger charge is -2.22. The first-order chi connectivity index (χ1) is 8.00. The summed E-state index contributed by atoms with van der Waals surface area (Å²) in [5, 5.41) is 0. The van der Waals surface area contributed by atoms with Crippen LogP contribution >= 0.6 is 23.5 Å². The minimum atomic E-state index is -5.54. The van der Waals surface area contributed by atoms with Crippen LogP contribution in [0.2, 0.25) is 0 Å². The third-order valence-corrected chi connectivity index (χ3v) is 4.73. The second-order valence-electron chi connectivity index (χ2n) is 4.38. The van der Waals surface area contributed by atoms with Crippen LogP contribution in [-0.4, -0.2) is 9.79 Å². The standard InChI is InChI=1S/C11H14BrF2O3P/c1-6(2)8-4-5-9(10(12)7(8)3)11(13,14)18(15,16)17/h4-6H,1-3H3,(H2,15,16,17). The van der Waals surface area contributed by atoms with E-state index < -0.39 is 18.8 Å². The monoisotopic (exact) mass is 342 g/mol. The summed E-state index contributed by atoms with van der Waals surface area (Å²) in [7, 11) is -5.54. The molecule has 0 saturated heterocycles. The van der Waals surface area contributed by atoms with Crippen molar-refractivity contribution in [1.82, 2.24) is 0 Å². The van der Waals surface area contributed by atoms with Gasteiger partial charge in [0.05, 0.1) is 0 Å². The molecule has 0 saturated carbocycles. The maximum Gasteiger partial charge on any atom is 0.399 e. The highest BCUT2D eigenvalue weighted by molar-refractivity contribution is 9.10. The average Bonchev–Trinajstić information content (AvgIpc) is 2.19. The van der Waals surface area contributed by atoms with E-state index in [2.05, 4.69) is 15.9 Å². The molecular formula is C11H14BrF2O3P. The van der Waals surface area contributed by atoms with Gasteiger partial charge in [0.2, 0.25) is 0 Å². The Bertz CT molecular complexity index is 511. The molecule has 3 nitrogen and oxygen atoms in total. The fourth-order valence-electron chi connectivity index (χ4n) is 1.71. The second-order valence-corrected chi connectivity index (χ2v) is 6.82. The van der Waals surface area contributed by atoms with Gasteiger partial charge in [-0.2, -0.15) is 8.78 Å². The molecule has 2 N–H and O–H groups in total. The van der Waals surface area contributed by atoms with E-state index in [0.29, 0.717) is 5.56 Å². The Morgan fingerprint density at radius 1 is 1.33 bits per heavy atom. The minimum Gasteiger partial charge on any atom is -0.320 e. The van der Waals surface area contributed by atoms with Crippen LogP contribution in [0.25, 0.3) is 0 Å². The van der Waals surface area contributed by atoms with Crippen molar-refractivity contribution in [3.63, 3.8) is 0 Å². The first-order valence-corrected chi connectivity index (χ1v) is 7.63. The Hall–Kier alpha value is -0.290. The van der Waals surface area contributed by atoms with E-state index in [-0.39, 0.29) is 10.4 Å². The highest BCUT2D eigenvalue weighted by Crippen LogP contribution is 2.60. The van der Waals surface area contributed by atoms with Gasteiger partial charge in [0, 0.05) is 10.0 Å². The van der Waals surface area contributed by atoms with Crippen LogP contribution in [0.15, 0.2) is 16.6 Å². The number of rotatable bonds is 3. The molecule has 0 aliphatic carbocycles. The largest absolute Gasteiger partial charge is 0.399 e. The van der Waals surface area contributed by atoms with Crippen molar-refractivity contribution in [2.75, 3.05) is 0 Å². The zero-order chi connectivity index (χ0) is 14.3. The quantitative estimate of drug-likeness (QED) is 0.812. The molecule has 0 bridgehead atoms. The fraction of sp³-hybridized carbons (Fsp3) is 0.455. The minimum absolute atomic E-state index is 0.0435. The molecule has 7 heteroatoms. The predicted octanol–water partition coefficient (Wildman–Crippen LogP) is 4.11. The van der Waals surface area contributed by atoms with Crippen molar-refractivity contribution < 1.29 is 23.1 Å². The number of benzene rings is 1. The lowest BCUT2D eigenvalue weighted by molar-refractivity contribution is 0.0556. The summed E-state index contributed by atoms with van der Waals surface area (Å²) < 4.78 is 38.2. The van der Waals surface area contributed by atoms with Crippen molar-refractivity contribution in [3.05, 3.63) is 33.3 Å². The van der Waals surface area contributed by atoms with Crippen LogP contribution < -0.4 is 0 Å². The van der Waals surface area contributed by atoms with Gasteiger partial charge in [0.25, 0.3) is 0 Å². The maximum atomic E-state index is 13.6. The van der Waals surface area contributed by atoms with Crippen molar-refractivity contribution in [1.29, 1.82) is 0 Å². The Balaban J connectivity index is 3.47. The Labute approximate surface area is 113 Å². The fourth-order valence-corrected chi connectivity index (χ4v) is 2.98. The number of hydrogen-bond acceptors (Lipinski definition) is 1. The number of halogens is 3. The van der Waals surface area contributed by atoms with Gasteiger partial charge >= 0.3 is 13.3 Å². The SMILES string of the molecule is Cc1c(C(C)C)ccc(C(F)(F)P(=O)(O)O)c1Br. The summed E-state index contributed by atoms with van der Waals surface area (Å²) >= 11 is 3.00. The van der Waals surface area contributed by atoms with E-state index in [4.69, 9.17) is 9.79 Å². The van der Waals surface area contributed by atoms with E-state index in [1.165, 1.54) is 6.07 Å². The van der Waals surface area contributed by atoms with Crippen LogP contribution in [0.3, 0.4) is 0 Å². The van der Waals surface area contributed by atoms with Crippen molar-refractivity contribution >= 4 is 23.5 Å². The molecule has 0 amide bonds. The van der Waals surface area contributed by atoms with Crippen LogP contribution in [0.5, 0.6) is 0 Å². The van der Waals surface area contributed by atoms with E-state index in [0.717, 1.165) is 11.6 Å². The van der Waals surface area contributed by atoms with E-state index >= 15 is 0 Å². The Morgan fingerprint density at radius 3 is 2.22 bits per heavy atom. The topological polar surface area (TPSA) is 57.5 Å². The summed E-state index contributed by atoms with van der Waals surface area (Å²) in [5.74, 6) is 0.138. The summed E-state index contributed by atoms with van der Waals surface area (Å²) in [6.45, 7) is 5.46. The van der Waals surface area contributed by atoms with E-state index in [1.54, 1.807) is 6.92 Å². The molecule has 18 heavy (non-hydrogen) atoms. The first-order valence-electron chi connectivity index (χ1n) is 5.23. The molecule has 0 unspecified atom stereocenters. The molecular weight excluding hydrogens is 329 g/mol. The average molecular weight is 343 g/mol. The summed E-state index contributed by atoms with van der Waals surface area (Å²) in [6.07, 6.45) is 0. The van der Waals surface area contributed by atoms with Gasteiger partial charge in [-0.3, -0.25) is 4.57 Å². The van der Waals surface area contributed by atoms with Gasteiger partial charge in [-0.05, 0) is 39.9 Å². The molecule has 0 radical (unpaired) electrons. The Kier molecular flexibility index (Phi) is 4.38. The van der Waals surface area contributed by atoms with Gasteiger partial charge in [-0.15, -0.1) is 0 Å². The van der Waals surface area contributed by atoms with Gasteiger partial charge in [-0.1, -0.05) is 26.0 Å². The van der Waals surface area contributed by atoms with Gasteiger partial charge in [0.15, 0.2) is 0 Å². The predicted molar refractivity (Wildman–Crippen MR) is 68.9 cm³/mol. The third kappa shape index (κ3) is 2.67. The first kappa shape index (κ1) is 15.8. The normalized spacial score (nSPS) is 13.2. The summed E-state index contributed by atoms with van der Waals surface area (Å²) in [5.41, 5.74) is -3.45. The molecule has 0 spiro atoms. The lowest BCUT2D eigenvalue weighted by atomic mass is 9.96. The third-order valence-electron chi connectivity index (χ3n) is 2.74. The van der Waals surface area contributed by atoms with Crippen LogP contribution in [0, 0.1) is 6.92 Å². The smallest absolute Gasteiger partial charge is 0.320 e. The van der Waals surface area contributed by atoms with Crippen molar-refractivity contribution in [3.8, 4) is 0 Å². The summed E-state index contributed by atoms with van der Waals surface area (Å²) in [6, 6.07) is 2.54. The van der Waals surface area contributed by atoms with Crippen LogP contribution in [0.4, 0.5) is 8.78 Å². The zero-order valence-corrected chi connectivity index (χ0v) is 12.6. The molecule has 1 aromatic rings. The molecule has 0 atom stereocenters. The van der Waals surface area contributed by atoms with Crippen LogP contribution in [0.1, 0.15) is 36.5 Å². The Morgan fingerprint density at radius 2 is 1.83 bits per heavy atom. The molecule has 0 aliphatic rings. The molecule has 0 aliphatic heterocycles. The molecule has 0 aromatic heterocycles. The molecule has 1 aromatic carbocycles. The van der Waals surface area contributed by atoms with E-state index in [9.17, 15) is 13.3 Å².